The van der Waals surface area contributed by atoms with Gasteiger partial charge in [-0.05, 0) is 56.2 Å². The van der Waals surface area contributed by atoms with Crippen LogP contribution in [0.15, 0.2) is 48.5 Å². The Hall–Kier alpha value is -2.62. The standard InChI is InChI=1S/C21H21FN2O/c1-14-4-6-15(7-5-14)21(25)24-10-2-3-16(13-24)20-12-17-11-18(22)8-9-19(17)23-20/h4-9,11-12,16,23H,2-3,10,13H2,1H3. The Kier molecular flexibility index (Phi) is 4.04. The van der Waals surface area contributed by atoms with E-state index in [0.717, 1.165) is 47.1 Å². The molecule has 0 bridgehead atoms. The fourth-order valence-electron chi connectivity index (χ4n) is 3.64. The van der Waals surface area contributed by atoms with Crippen LogP contribution < -0.4 is 0 Å². The summed E-state index contributed by atoms with van der Waals surface area (Å²) in [5.41, 5.74) is 3.92. The lowest BCUT2D eigenvalue weighted by Crippen LogP contribution is -2.39. The Bertz CT molecular complexity index is 913. The maximum Gasteiger partial charge on any atom is 0.253 e. The monoisotopic (exact) mass is 336 g/mol. The van der Waals surface area contributed by atoms with E-state index in [4.69, 9.17) is 0 Å². The summed E-state index contributed by atoms with van der Waals surface area (Å²) in [4.78, 5) is 18.1. The van der Waals surface area contributed by atoms with Gasteiger partial charge in [-0.25, -0.2) is 4.39 Å². The molecule has 2 heterocycles. The normalized spacial score (nSPS) is 17.8. The number of likely N-dealkylation sites (tertiary alicyclic amines) is 1. The maximum atomic E-state index is 13.4. The average Bonchev–Trinajstić information content (AvgIpc) is 3.05. The minimum atomic E-state index is -0.224. The second-order valence-corrected chi connectivity index (χ2v) is 6.91. The number of amides is 1. The highest BCUT2D eigenvalue weighted by Crippen LogP contribution is 2.30. The van der Waals surface area contributed by atoms with Crippen molar-refractivity contribution < 1.29 is 9.18 Å². The quantitative estimate of drug-likeness (QED) is 0.727. The van der Waals surface area contributed by atoms with Gasteiger partial charge in [0.2, 0.25) is 0 Å². The number of nitrogens with zero attached hydrogens (tertiary/aromatic N) is 1. The Morgan fingerprint density at radius 2 is 1.96 bits per heavy atom. The highest BCUT2D eigenvalue weighted by atomic mass is 19.1. The zero-order valence-electron chi connectivity index (χ0n) is 14.3. The number of rotatable bonds is 2. The summed E-state index contributed by atoms with van der Waals surface area (Å²) in [7, 11) is 0. The number of H-pyrrole nitrogens is 1. The maximum absolute atomic E-state index is 13.4. The Balaban J connectivity index is 1.55. The molecule has 1 N–H and O–H groups in total. The van der Waals surface area contributed by atoms with Crippen molar-refractivity contribution in [3.8, 4) is 0 Å². The van der Waals surface area contributed by atoms with Crippen LogP contribution >= 0.6 is 0 Å². The average molecular weight is 336 g/mol. The fourth-order valence-corrected chi connectivity index (χ4v) is 3.64. The van der Waals surface area contributed by atoms with Gasteiger partial charge in [-0.1, -0.05) is 17.7 Å². The number of carbonyl (C=O) groups is 1. The molecule has 1 saturated heterocycles. The lowest BCUT2D eigenvalue weighted by Gasteiger charge is -2.32. The van der Waals surface area contributed by atoms with Crippen molar-refractivity contribution in [2.24, 2.45) is 0 Å². The molecule has 25 heavy (non-hydrogen) atoms. The van der Waals surface area contributed by atoms with E-state index in [1.165, 1.54) is 6.07 Å². The number of aromatic amines is 1. The van der Waals surface area contributed by atoms with Crippen molar-refractivity contribution in [1.29, 1.82) is 0 Å². The predicted octanol–water partition coefficient (Wildman–Crippen LogP) is 4.64. The van der Waals surface area contributed by atoms with E-state index in [-0.39, 0.29) is 17.6 Å². The highest BCUT2D eigenvalue weighted by molar-refractivity contribution is 5.94. The van der Waals surface area contributed by atoms with Crippen LogP contribution in [0.2, 0.25) is 0 Å². The van der Waals surface area contributed by atoms with Crippen LogP contribution in [0.1, 0.15) is 40.4 Å². The summed E-state index contributed by atoms with van der Waals surface area (Å²) < 4.78 is 13.4. The molecule has 128 valence electrons. The van der Waals surface area contributed by atoms with E-state index in [2.05, 4.69) is 4.98 Å². The van der Waals surface area contributed by atoms with Crippen LogP contribution in [0.5, 0.6) is 0 Å². The number of piperidine rings is 1. The molecule has 4 rings (SSSR count). The first-order chi connectivity index (χ1) is 12.1. The molecule has 0 aliphatic carbocycles. The van der Waals surface area contributed by atoms with Crippen LogP contribution in [0.4, 0.5) is 4.39 Å². The van der Waals surface area contributed by atoms with Crippen molar-refractivity contribution in [1.82, 2.24) is 9.88 Å². The summed E-state index contributed by atoms with van der Waals surface area (Å²) in [6.07, 6.45) is 2.01. The molecule has 1 aromatic heterocycles. The highest BCUT2D eigenvalue weighted by Gasteiger charge is 2.26. The summed E-state index contributed by atoms with van der Waals surface area (Å²) in [5.74, 6) is 0.128. The van der Waals surface area contributed by atoms with Crippen molar-refractivity contribution >= 4 is 16.8 Å². The lowest BCUT2D eigenvalue weighted by atomic mass is 9.94. The first kappa shape index (κ1) is 15.9. The van der Waals surface area contributed by atoms with Gasteiger partial charge in [0, 0.05) is 41.2 Å². The number of hydrogen-bond acceptors (Lipinski definition) is 1. The Morgan fingerprint density at radius 3 is 2.76 bits per heavy atom. The largest absolute Gasteiger partial charge is 0.358 e. The summed E-state index contributed by atoms with van der Waals surface area (Å²) >= 11 is 0. The molecule has 1 unspecified atom stereocenters. The first-order valence-corrected chi connectivity index (χ1v) is 8.74. The van der Waals surface area contributed by atoms with Gasteiger partial charge in [-0.15, -0.1) is 0 Å². The molecule has 4 heteroatoms. The number of benzene rings is 2. The summed E-state index contributed by atoms with van der Waals surface area (Å²) in [6.45, 7) is 3.50. The summed E-state index contributed by atoms with van der Waals surface area (Å²) in [5, 5.41) is 0.886. The van der Waals surface area contributed by atoms with Gasteiger partial charge < -0.3 is 9.88 Å². The predicted molar refractivity (Wildman–Crippen MR) is 97.3 cm³/mol. The van der Waals surface area contributed by atoms with Crippen LogP contribution in [0, 0.1) is 12.7 Å². The Morgan fingerprint density at radius 1 is 1.16 bits per heavy atom. The van der Waals surface area contributed by atoms with Crippen LogP contribution in [-0.4, -0.2) is 28.9 Å². The smallest absolute Gasteiger partial charge is 0.253 e. The molecule has 2 aromatic carbocycles. The third-order valence-corrected chi connectivity index (χ3v) is 5.05. The zero-order chi connectivity index (χ0) is 17.4. The molecule has 1 atom stereocenters. The fraction of sp³-hybridized carbons (Fsp3) is 0.286. The van der Waals surface area contributed by atoms with Crippen molar-refractivity contribution in [2.45, 2.75) is 25.7 Å². The number of fused-ring (bicyclic) bond motifs is 1. The SMILES string of the molecule is Cc1ccc(C(=O)N2CCCC(c3cc4cc(F)ccc4[nH]3)C2)cc1. The molecular weight excluding hydrogens is 315 g/mol. The van der Waals surface area contributed by atoms with E-state index in [1.54, 1.807) is 12.1 Å². The molecule has 0 spiro atoms. The van der Waals surface area contributed by atoms with Gasteiger partial charge in [0.15, 0.2) is 0 Å². The number of aryl methyl sites for hydroxylation is 1. The number of halogens is 1. The van der Waals surface area contributed by atoms with E-state index in [9.17, 15) is 9.18 Å². The molecule has 3 aromatic rings. The van der Waals surface area contributed by atoms with Crippen LogP contribution in [0.25, 0.3) is 10.9 Å². The molecule has 0 radical (unpaired) electrons. The van der Waals surface area contributed by atoms with Crippen molar-refractivity contribution in [2.75, 3.05) is 13.1 Å². The number of hydrogen-bond donors (Lipinski definition) is 1. The van der Waals surface area contributed by atoms with Gasteiger partial charge in [0.1, 0.15) is 5.82 Å². The van der Waals surface area contributed by atoms with Gasteiger partial charge in [-0.3, -0.25) is 4.79 Å². The lowest BCUT2D eigenvalue weighted by molar-refractivity contribution is 0.0706. The minimum absolute atomic E-state index is 0.0897. The van der Waals surface area contributed by atoms with E-state index >= 15 is 0 Å². The zero-order valence-corrected chi connectivity index (χ0v) is 14.3. The van der Waals surface area contributed by atoms with Crippen molar-refractivity contribution in [3.63, 3.8) is 0 Å². The van der Waals surface area contributed by atoms with Gasteiger partial charge in [0.05, 0.1) is 0 Å². The molecule has 1 aliphatic heterocycles. The van der Waals surface area contributed by atoms with Crippen LogP contribution in [-0.2, 0) is 0 Å². The number of nitrogens with one attached hydrogen (secondary N) is 1. The third-order valence-electron chi connectivity index (χ3n) is 5.05. The molecule has 1 amide bonds. The molecule has 3 nitrogen and oxygen atoms in total. The van der Waals surface area contributed by atoms with Gasteiger partial charge in [-0.2, -0.15) is 0 Å². The van der Waals surface area contributed by atoms with E-state index in [0.29, 0.717) is 6.54 Å². The number of aromatic nitrogens is 1. The third kappa shape index (κ3) is 3.16. The van der Waals surface area contributed by atoms with Gasteiger partial charge >= 0.3 is 0 Å². The van der Waals surface area contributed by atoms with Crippen molar-refractivity contribution in [3.05, 3.63) is 71.2 Å². The second kappa shape index (κ2) is 6.36. The molecule has 1 aliphatic rings. The van der Waals surface area contributed by atoms with E-state index < -0.39 is 0 Å². The van der Waals surface area contributed by atoms with Gasteiger partial charge in [0.25, 0.3) is 5.91 Å². The first-order valence-electron chi connectivity index (χ1n) is 8.74. The summed E-state index contributed by atoms with van der Waals surface area (Å²) in [6, 6.07) is 14.5. The Labute approximate surface area is 146 Å². The molecule has 1 fully saturated rings. The number of carbonyl (C=O) groups excluding carboxylic acids is 1. The minimum Gasteiger partial charge on any atom is -0.358 e. The van der Waals surface area contributed by atoms with Crippen LogP contribution in [0.3, 0.4) is 0 Å². The van der Waals surface area contributed by atoms with E-state index in [1.807, 2.05) is 42.2 Å². The molecule has 0 saturated carbocycles. The second-order valence-electron chi connectivity index (χ2n) is 6.91. The topological polar surface area (TPSA) is 36.1 Å². The molecular formula is C21H21FN2O.